The summed E-state index contributed by atoms with van der Waals surface area (Å²) in [5, 5.41) is 2.64. The van der Waals surface area contributed by atoms with Crippen LogP contribution in [0.25, 0.3) is 10.8 Å². The van der Waals surface area contributed by atoms with Crippen molar-refractivity contribution >= 4 is 33.7 Å². The molecule has 0 aliphatic carbocycles. The van der Waals surface area contributed by atoms with Crippen LogP contribution in [-0.2, 0) is 12.8 Å². The molecule has 0 bridgehead atoms. The number of fused-ring (bicyclic) bond motifs is 1. The van der Waals surface area contributed by atoms with Crippen LogP contribution in [0.4, 0.5) is 0 Å². The van der Waals surface area contributed by atoms with Gasteiger partial charge >= 0.3 is 0 Å². The maximum atomic E-state index is 6.57. The fourth-order valence-corrected chi connectivity index (χ4v) is 3.74. The molecule has 20 heavy (non-hydrogen) atoms. The largest absolute Gasteiger partial charge is 0.144 e. The second-order valence-corrected chi connectivity index (χ2v) is 6.74. The van der Waals surface area contributed by atoms with Crippen molar-refractivity contribution in [3.8, 4) is 0 Å². The summed E-state index contributed by atoms with van der Waals surface area (Å²) in [6, 6.07) is 19.4. The maximum Gasteiger partial charge on any atom is 0.0718 e. The number of alkyl halides is 1. The molecule has 3 aromatic rings. The van der Waals surface area contributed by atoms with Gasteiger partial charge in [-0.2, -0.15) is 0 Å². The molecular formula is C18H17ClS. The van der Waals surface area contributed by atoms with Crippen LogP contribution in [0.15, 0.2) is 54.6 Å². The standard InChI is InChI=1S/C18H17ClS/c1-2-16-9-10-18(20-16)17(19)12-13-7-8-14-5-3-4-6-15(14)11-13/h3-11,17H,2,12H2,1H3. The van der Waals surface area contributed by atoms with Crippen molar-refractivity contribution in [1.82, 2.24) is 0 Å². The van der Waals surface area contributed by atoms with Crippen molar-refractivity contribution < 1.29 is 0 Å². The van der Waals surface area contributed by atoms with E-state index >= 15 is 0 Å². The topological polar surface area (TPSA) is 0 Å². The number of halogens is 1. The van der Waals surface area contributed by atoms with Crippen LogP contribution in [0.5, 0.6) is 0 Å². The highest BCUT2D eigenvalue weighted by Crippen LogP contribution is 2.31. The Labute approximate surface area is 129 Å². The highest BCUT2D eigenvalue weighted by molar-refractivity contribution is 7.12. The van der Waals surface area contributed by atoms with E-state index < -0.39 is 0 Å². The Morgan fingerprint density at radius 3 is 2.55 bits per heavy atom. The van der Waals surface area contributed by atoms with Crippen LogP contribution in [-0.4, -0.2) is 0 Å². The highest BCUT2D eigenvalue weighted by atomic mass is 35.5. The molecule has 0 aliphatic heterocycles. The lowest BCUT2D eigenvalue weighted by Crippen LogP contribution is -1.93. The fourth-order valence-electron chi connectivity index (χ4n) is 2.43. The molecule has 102 valence electrons. The zero-order chi connectivity index (χ0) is 13.9. The van der Waals surface area contributed by atoms with E-state index in [1.54, 1.807) is 0 Å². The third-order valence-electron chi connectivity index (χ3n) is 3.57. The molecule has 1 atom stereocenters. The predicted octanol–water partition coefficient (Wildman–Crippen LogP) is 5.99. The Kier molecular flexibility index (Phi) is 4.09. The molecule has 0 nitrogen and oxygen atoms in total. The van der Waals surface area contributed by atoms with Gasteiger partial charge in [0.15, 0.2) is 0 Å². The minimum absolute atomic E-state index is 0.0708. The highest BCUT2D eigenvalue weighted by Gasteiger charge is 2.11. The summed E-state index contributed by atoms with van der Waals surface area (Å²) >= 11 is 8.40. The second kappa shape index (κ2) is 5.99. The lowest BCUT2D eigenvalue weighted by Gasteiger charge is -2.08. The molecule has 2 aromatic carbocycles. The average Bonchev–Trinajstić information content (AvgIpc) is 2.96. The van der Waals surface area contributed by atoms with Gasteiger partial charge in [-0.05, 0) is 41.3 Å². The van der Waals surface area contributed by atoms with E-state index in [9.17, 15) is 0 Å². The zero-order valence-corrected chi connectivity index (χ0v) is 13.0. The van der Waals surface area contributed by atoms with Gasteiger partial charge in [-0.15, -0.1) is 22.9 Å². The van der Waals surface area contributed by atoms with E-state index in [4.69, 9.17) is 11.6 Å². The molecule has 0 N–H and O–H groups in total. The average molecular weight is 301 g/mol. The molecule has 0 amide bonds. The molecule has 3 rings (SSSR count). The lowest BCUT2D eigenvalue weighted by molar-refractivity contribution is 0.942. The quantitative estimate of drug-likeness (QED) is 0.519. The number of hydrogen-bond acceptors (Lipinski definition) is 1. The summed E-state index contributed by atoms with van der Waals surface area (Å²) in [5.74, 6) is 0. The monoisotopic (exact) mass is 300 g/mol. The van der Waals surface area contributed by atoms with Crippen molar-refractivity contribution in [2.24, 2.45) is 0 Å². The van der Waals surface area contributed by atoms with E-state index in [1.807, 2.05) is 11.3 Å². The molecule has 0 radical (unpaired) electrons. The molecular weight excluding hydrogens is 284 g/mol. The van der Waals surface area contributed by atoms with E-state index in [1.165, 1.54) is 26.1 Å². The third-order valence-corrected chi connectivity index (χ3v) is 5.43. The van der Waals surface area contributed by atoms with Gasteiger partial charge in [0.25, 0.3) is 0 Å². The first-order chi connectivity index (χ1) is 9.76. The summed E-state index contributed by atoms with van der Waals surface area (Å²) in [4.78, 5) is 2.68. The van der Waals surface area contributed by atoms with Gasteiger partial charge in [0, 0.05) is 9.75 Å². The van der Waals surface area contributed by atoms with Crippen LogP contribution >= 0.6 is 22.9 Å². The van der Waals surface area contributed by atoms with Crippen molar-refractivity contribution in [3.63, 3.8) is 0 Å². The summed E-state index contributed by atoms with van der Waals surface area (Å²) in [5.41, 5.74) is 1.30. The number of aryl methyl sites for hydroxylation is 1. The van der Waals surface area contributed by atoms with Gasteiger partial charge < -0.3 is 0 Å². The first-order valence-corrected chi connectivity index (χ1v) is 8.22. The second-order valence-electron chi connectivity index (χ2n) is 5.01. The number of thiophene rings is 1. The van der Waals surface area contributed by atoms with Crippen molar-refractivity contribution in [1.29, 1.82) is 0 Å². The zero-order valence-electron chi connectivity index (χ0n) is 11.5. The Bertz CT molecular complexity index is 714. The maximum absolute atomic E-state index is 6.57. The van der Waals surface area contributed by atoms with Gasteiger partial charge in [0.2, 0.25) is 0 Å². The minimum Gasteiger partial charge on any atom is -0.144 e. The lowest BCUT2D eigenvalue weighted by atomic mass is 10.0. The smallest absolute Gasteiger partial charge is 0.0718 e. The Morgan fingerprint density at radius 2 is 1.80 bits per heavy atom. The first-order valence-electron chi connectivity index (χ1n) is 6.96. The fraction of sp³-hybridized carbons (Fsp3) is 0.222. The van der Waals surface area contributed by atoms with Gasteiger partial charge in [-0.25, -0.2) is 0 Å². The van der Waals surface area contributed by atoms with Crippen molar-refractivity contribution in [2.75, 3.05) is 0 Å². The molecule has 0 fully saturated rings. The summed E-state index contributed by atoms with van der Waals surface area (Å²) in [7, 11) is 0. The van der Waals surface area contributed by atoms with Crippen LogP contribution in [0.2, 0.25) is 0 Å². The summed E-state index contributed by atoms with van der Waals surface area (Å²) in [6.07, 6.45) is 1.97. The Hall–Kier alpha value is -1.31. The number of benzene rings is 2. The molecule has 2 heteroatoms. The molecule has 0 spiro atoms. The molecule has 1 unspecified atom stereocenters. The van der Waals surface area contributed by atoms with E-state index in [2.05, 4.69) is 61.5 Å². The van der Waals surface area contributed by atoms with Gasteiger partial charge in [0.1, 0.15) is 0 Å². The van der Waals surface area contributed by atoms with Crippen LogP contribution in [0.3, 0.4) is 0 Å². The predicted molar refractivity (Wildman–Crippen MR) is 89.9 cm³/mol. The summed E-state index contributed by atoms with van der Waals surface area (Å²) in [6.45, 7) is 2.18. The Morgan fingerprint density at radius 1 is 1.00 bits per heavy atom. The van der Waals surface area contributed by atoms with Crippen LogP contribution in [0.1, 0.15) is 27.6 Å². The van der Waals surface area contributed by atoms with Crippen molar-refractivity contribution in [3.05, 3.63) is 69.9 Å². The molecule has 0 saturated carbocycles. The van der Waals surface area contributed by atoms with E-state index in [0.29, 0.717) is 0 Å². The Balaban J connectivity index is 1.81. The van der Waals surface area contributed by atoms with Gasteiger partial charge in [-0.1, -0.05) is 49.4 Å². The first kappa shape index (κ1) is 13.7. The van der Waals surface area contributed by atoms with E-state index in [0.717, 1.165) is 12.8 Å². The molecule has 0 saturated heterocycles. The number of rotatable bonds is 4. The minimum atomic E-state index is 0.0708. The van der Waals surface area contributed by atoms with Crippen LogP contribution in [0, 0.1) is 0 Å². The summed E-state index contributed by atoms with van der Waals surface area (Å²) < 4.78 is 0. The van der Waals surface area contributed by atoms with Crippen LogP contribution < -0.4 is 0 Å². The molecule has 1 aromatic heterocycles. The third kappa shape index (κ3) is 2.89. The molecule has 0 aliphatic rings. The molecule has 1 heterocycles. The van der Waals surface area contributed by atoms with Gasteiger partial charge in [0.05, 0.1) is 5.38 Å². The number of hydrogen-bond donors (Lipinski definition) is 0. The SMILES string of the molecule is CCc1ccc(C(Cl)Cc2ccc3ccccc3c2)s1. The van der Waals surface area contributed by atoms with E-state index in [-0.39, 0.29) is 5.38 Å². The normalized spacial score (nSPS) is 12.7. The van der Waals surface area contributed by atoms with Gasteiger partial charge in [-0.3, -0.25) is 0 Å². The van der Waals surface area contributed by atoms with Crippen molar-refractivity contribution in [2.45, 2.75) is 25.1 Å².